The van der Waals surface area contributed by atoms with E-state index in [2.05, 4.69) is 35.7 Å². The smallest absolute Gasteiger partial charge is 0.270 e. The van der Waals surface area contributed by atoms with Gasteiger partial charge in [-0.25, -0.2) is 37.2 Å². The second kappa shape index (κ2) is 10.1. The maximum atomic E-state index is 14.4. The van der Waals surface area contributed by atoms with Crippen molar-refractivity contribution in [2.45, 2.75) is 51.1 Å². The number of fused-ring (bicyclic) bond motifs is 2. The molecule has 0 saturated carbocycles. The number of rotatable bonds is 8. The SMILES string of the molecule is CC(N)(CNC(=O)c1nc(-c2nn(Cc3ncccc3F)c3ncc(F)cc23)nc2c1C(C)(C)C(=O)N2)CC(F)F. The topological polar surface area (TPSA) is 154 Å². The van der Waals surface area contributed by atoms with E-state index < -0.39 is 47.2 Å². The van der Waals surface area contributed by atoms with Crippen molar-refractivity contribution in [2.24, 2.45) is 5.73 Å². The second-order valence-electron chi connectivity index (χ2n) is 10.6. The fraction of sp³-hybridized carbons (Fsp3) is 0.346. The molecule has 1 unspecified atom stereocenters. The van der Waals surface area contributed by atoms with E-state index in [-0.39, 0.29) is 58.4 Å². The Bertz CT molecular complexity index is 1690. The van der Waals surface area contributed by atoms with Gasteiger partial charge in [0.2, 0.25) is 12.3 Å². The van der Waals surface area contributed by atoms with Gasteiger partial charge in [-0.2, -0.15) is 5.10 Å². The largest absolute Gasteiger partial charge is 0.349 e. The molecule has 0 radical (unpaired) electrons. The van der Waals surface area contributed by atoms with Gasteiger partial charge in [0, 0.05) is 30.3 Å². The number of carbonyl (C=O) groups excluding carboxylic acids is 2. The second-order valence-corrected chi connectivity index (χ2v) is 10.6. The van der Waals surface area contributed by atoms with Gasteiger partial charge in [-0.3, -0.25) is 14.6 Å². The third kappa shape index (κ3) is 5.31. The molecular weight excluding hydrogens is 546 g/mol. The van der Waals surface area contributed by atoms with E-state index in [1.807, 2.05) is 0 Å². The number of alkyl halides is 2. The van der Waals surface area contributed by atoms with Crippen molar-refractivity contribution >= 4 is 28.7 Å². The lowest BCUT2D eigenvalue weighted by Gasteiger charge is -2.25. The Morgan fingerprint density at radius 3 is 2.71 bits per heavy atom. The highest BCUT2D eigenvalue weighted by Crippen LogP contribution is 2.39. The minimum absolute atomic E-state index is 0.000470. The van der Waals surface area contributed by atoms with Gasteiger partial charge in [0.15, 0.2) is 11.5 Å². The van der Waals surface area contributed by atoms with Gasteiger partial charge in [-0.05, 0) is 39.0 Å². The minimum atomic E-state index is -2.69. The number of aromatic nitrogens is 6. The molecule has 5 rings (SSSR count). The normalized spacial score (nSPS) is 15.6. The van der Waals surface area contributed by atoms with E-state index >= 15 is 0 Å². The van der Waals surface area contributed by atoms with Crippen molar-refractivity contribution in [3.8, 4) is 11.5 Å². The zero-order chi connectivity index (χ0) is 29.7. The molecule has 0 spiro atoms. The summed E-state index contributed by atoms with van der Waals surface area (Å²) >= 11 is 0. The summed E-state index contributed by atoms with van der Waals surface area (Å²) in [5, 5.41) is 9.75. The lowest BCUT2D eigenvalue weighted by molar-refractivity contribution is -0.119. The maximum Gasteiger partial charge on any atom is 0.270 e. The van der Waals surface area contributed by atoms with E-state index in [0.717, 1.165) is 12.3 Å². The van der Waals surface area contributed by atoms with Crippen LogP contribution in [0.25, 0.3) is 22.6 Å². The van der Waals surface area contributed by atoms with Crippen molar-refractivity contribution in [1.29, 1.82) is 0 Å². The van der Waals surface area contributed by atoms with Crippen LogP contribution in [0.1, 0.15) is 48.9 Å². The predicted molar refractivity (Wildman–Crippen MR) is 139 cm³/mol. The number of carbonyl (C=O) groups is 2. The first-order valence-corrected chi connectivity index (χ1v) is 12.5. The lowest BCUT2D eigenvalue weighted by atomic mass is 9.85. The number of amides is 2. The Morgan fingerprint density at radius 2 is 2.00 bits per heavy atom. The summed E-state index contributed by atoms with van der Waals surface area (Å²) in [6.07, 6.45) is -0.974. The molecule has 1 aliphatic rings. The van der Waals surface area contributed by atoms with E-state index in [4.69, 9.17) is 5.73 Å². The van der Waals surface area contributed by atoms with Crippen molar-refractivity contribution in [1.82, 2.24) is 35.0 Å². The molecule has 4 N–H and O–H groups in total. The number of pyridine rings is 2. The van der Waals surface area contributed by atoms with Crippen LogP contribution in [-0.2, 0) is 16.8 Å². The first kappa shape index (κ1) is 28.0. The molecule has 1 aliphatic heterocycles. The lowest BCUT2D eigenvalue weighted by Crippen LogP contribution is -2.49. The van der Waals surface area contributed by atoms with Gasteiger partial charge < -0.3 is 16.4 Å². The van der Waals surface area contributed by atoms with Gasteiger partial charge in [-0.1, -0.05) is 0 Å². The molecule has 1 atom stereocenters. The highest BCUT2D eigenvalue weighted by Gasteiger charge is 2.44. The van der Waals surface area contributed by atoms with Gasteiger partial charge >= 0.3 is 0 Å². The molecule has 0 aromatic carbocycles. The van der Waals surface area contributed by atoms with Crippen molar-refractivity contribution in [3.63, 3.8) is 0 Å². The first-order chi connectivity index (χ1) is 19.3. The molecular formula is C26H25F4N9O2. The number of nitrogens with one attached hydrogen (secondary N) is 2. The average molecular weight is 572 g/mol. The number of hydrogen-bond donors (Lipinski definition) is 3. The standard InChI is InChI=1S/C26H25F4N9O2/c1-25(2)17-19(23(40)34-11-26(3,31)8-16(29)30)35-21(36-20(17)37-24(25)41)18-13-7-12(27)9-33-22(13)39(38-18)10-15-14(28)5-4-6-32-15/h4-7,9,16H,8,10-11,31H2,1-3H3,(H,34,40)(H,35,36,37,41). The van der Waals surface area contributed by atoms with Crippen LogP contribution in [0, 0.1) is 11.6 Å². The van der Waals surface area contributed by atoms with Crippen molar-refractivity contribution in [3.05, 3.63) is 59.2 Å². The first-order valence-electron chi connectivity index (χ1n) is 12.5. The van der Waals surface area contributed by atoms with Gasteiger partial charge in [0.05, 0.1) is 29.2 Å². The van der Waals surface area contributed by atoms with Crippen LogP contribution in [0.15, 0.2) is 30.6 Å². The number of halogens is 4. The van der Waals surface area contributed by atoms with Crippen LogP contribution in [0.2, 0.25) is 0 Å². The molecule has 0 fully saturated rings. The summed E-state index contributed by atoms with van der Waals surface area (Å²) < 4.78 is 55.8. The molecule has 5 heterocycles. The van der Waals surface area contributed by atoms with Crippen LogP contribution in [0.4, 0.5) is 23.4 Å². The van der Waals surface area contributed by atoms with Crippen molar-refractivity contribution in [2.75, 3.05) is 11.9 Å². The molecule has 0 bridgehead atoms. The summed E-state index contributed by atoms with van der Waals surface area (Å²) in [4.78, 5) is 43.1. The monoisotopic (exact) mass is 571 g/mol. The molecule has 4 aromatic rings. The van der Waals surface area contributed by atoms with Crippen molar-refractivity contribution < 1.29 is 27.2 Å². The van der Waals surface area contributed by atoms with Crippen LogP contribution in [0.3, 0.4) is 0 Å². The Labute approximate surface area is 230 Å². The molecule has 4 aromatic heterocycles. The molecule has 0 aliphatic carbocycles. The molecule has 2 amide bonds. The Kier molecular flexibility index (Phi) is 6.93. The van der Waals surface area contributed by atoms with Gasteiger partial charge in [-0.15, -0.1) is 0 Å². The Hall–Kier alpha value is -4.53. The van der Waals surface area contributed by atoms with E-state index in [1.165, 1.54) is 29.9 Å². The quantitative estimate of drug-likeness (QED) is 0.273. The number of anilines is 1. The minimum Gasteiger partial charge on any atom is -0.349 e. The number of nitrogens with two attached hydrogens (primary N) is 1. The highest BCUT2D eigenvalue weighted by molar-refractivity contribution is 6.09. The maximum absolute atomic E-state index is 14.4. The van der Waals surface area contributed by atoms with Crippen LogP contribution < -0.4 is 16.4 Å². The number of nitrogens with zero attached hydrogens (tertiary/aromatic N) is 6. The molecule has 15 heteroatoms. The zero-order valence-electron chi connectivity index (χ0n) is 22.2. The molecule has 41 heavy (non-hydrogen) atoms. The van der Waals surface area contributed by atoms with Crippen LogP contribution in [-0.4, -0.2) is 60.0 Å². The fourth-order valence-electron chi connectivity index (χ4n) is 4.57. The summed E-state index contributed by atoms with van der Waals surface area (Å²) in [6.45, 7) is 4.04. The van der Waals surface area contributed by atoms with E-state index in [0.29, 0.717) is 0 Å². The Morgan fingerprint density at radius 1 is 1.24 bits per heavy atom. The summed E-state index contributed by atoms with van der Waals surface area (Å²) in [5.74, 6) is -2.66. The highest BCUT2D eigenvalue weighted by atomic mass is 19.3. The third-order valence-electron chi connectivity index (χ3n) is 6.72. The Balaban J connectivity index is 1.62. The molecule has 11 nitrogen and oxygen atoms in total. The summed E-state index contributed by atoms with van der Waals surface area (Å²) in [5.41, 5.74) is 3.45. The zero-order valence-corrected chi connectivity index (χ0v) is 22.2. The molecule has 214 valence electrons. The fourth-order valence-corrected chi connectivity index (χ4v) is 4.57. The van der Waals surface area contributed by atoms with Crippen LogP contribution >= 0.6 is 0 Å². The third-order valence-corrected chi connectivity index (χ3v) is 6.72. The van der Waals surface area contributed by atoms with Crippen LogP contribution in [0.5, 0.6) is 0 Å². The van der Waals surface area contributed by atoms with E-state index in [9.17, 15) is 27.2 Å². The summed E-state index contributed by atoms with van der Waals surface area (Å²) in [6, 6.07) is 3.80. The van der Waals surface area contributed by atoms with Gasteiger partial charge in [0.1, 0.15) is 28.8 Å². The number of hydrogen-bond acceptors (Lipinski definition) is 8. The van der Waals surface area contributed by atoms with Gasteiger partial charge in [0.25, 0.3) is 5.91 Å². The predicted octanol–water partition coefficient (Wildman–Crippen LogP) is 2.94. The molecule has 0 saturated heterocycles. The van der Waals surface area contributed by atoms with E-state index in [1.54, 1.807) is 13.8 Å². The summed E-state index contributed by atoms with van der Waals surface area (Å²) in [7, 11) is 0. The average Bonchev–Trinajstić information content (AvgIpc) is 3.35.